The second-order valence-corrected chi connectivity index (χ2v) is 6.79. The van der Waals surface area contributed by atoms with E-state index in [1.165, 1.54) is 16.6 Å². The number of aliphatic hydroxyl groups is 1. The second-order valence-electron chi connectivity index (χ2n) is 4.85. The molecule has 2 aromatic rings. The lowest BCUT2D eigenvalue weighted by Gasteiger charge is -2.19. The molecular formula is C15H20N2O3S. The Morgan fingerprint density at radius 3 is 2.43 bits per heavy atom. The van der Waals surface area contributed by atoms with Gasteiger partial charge in [-0.05, 0) is 11.6 Å². The average Bonchev–Trinajstić information content (AvgIpc) is 2.87. The van der Waals surface area contributed by atoms with Crippen molar-refractivity contribution in [2.24, 2.45) is 7.05 Å². The van der Waals surface area contributed by atoms with Gasteiger partial charge in [0.1, 0.15) is 4.90 Å². The van der Waals surface area contributed by atoms with Gasteiger partial charge in [0.15, 0.2) is 0 Å². The maximum absolute atomic E-state index is 12.7. The van der Waals surface area contributed by atoms with Crippen molar-refractivity contribution in [3.63, 3.8) is 0 Å². The van der Waals surface area contributed by atoms with Crippen LogP contribution in [0.4, 0.5) is 0 Å². The molecule has 1 aromatic carbocycles. The molecular weight excluding hydrogens is 288 g/mol. The third-order valence-electron chi connectivity index (χ3n) is 3.44. The van der Waals surface area contributed by atoms with Crippen molar-refractivity contribution in [3.8, 4) is 0 Å². The molecule has 0 saturated carbocycles. The third-order valence-corrected chi connectivity index (χ3v) is 5.32. The lowest BCUT2D eigenvalue weighted by atomic mass is 10.2. The molecule has 21 heavy (non-hydrogen) atoms. The van der Waals surface area contributed by atoms with Gasteiger partial charge in [0.25, 0.3) is 0 Å². The van der Waals surface area contributed by atoms with Crippen molar-refractivity contribution in [1.82, 2.24) is 8.87 Å². The minimum atomic E-state index is -3.56. The molecule has 0 aliphatic rings. The average molecular weight is 308 g/mol. The molecule has 0 aliphatic carbocycles. The Labute approximate surface area is 125 Å². The molecule has 0 spiro atoms. The predicted molar refractivity (Wildman–Crippen MR) is 81.0 cm³/mol. The summed E-state index contributed by atoms with van der Waals surface area (Å²) < 4.78 is 28.4. The minimum Gasteiger partial charge on any atom is -0.390 e. The molecule has 0 bridgehead atoms. The van der Waals surface area contributed by atoms with Crippen LogP contribution >= 0.6 is 0 Å². The minimum absolute atomic E-state index is 0.184. The lowest BCUT2D eigenvalue weighted by molar-refractivity contribution is 0.272. The van der Waals surface area contributed by atoms with E-state index in [0.717, 1.165) is 5.56 Å². The quantitative estimate of drug-likeness (QED) is 0.884. The molecule has 0 atom stereocenters. The molecule has 0 amide bonds. The molecule has 0 radical (unpaired) electrons. The molecule has 1 heterocycles. The summed E-state index contributed by atoms with van der Waals surface area (Å²) in [5.74, 6) is 0. The molecule has 1 N–H and O–H groups in total. The number of hydrogen-bond acceptors (Lipinski definition) is 3. The summed E-state index contributed by atoms with van der Waals surface area (Å²) in [6.45, 7) is 2.36. The van der Waals surface area contributed by atoms with Crippen molar-refractivity contribution >= 4 is 10.0 Å². The number of aliphatic hydroxyl groups excluding tert-OH is 1. The van der Waals surface area contributed by atoms with E-state index in [9.17, 15) is 13.5 Å². The van der Waals surface area contributed by atoms with E-state index < -0.39 is 10.0 Å². The van der Waals surface area contributed by atoms with Gasteiger partial charge in [-0.2, -0.15) is 4.31 Å². The molecule has 0 saturated heterocycles. The number of aromatic nitrogens is 1. The summed E-state index contributed by atoms with van der Waals surface area (Å²) in [5, 5.41) is 9.20. The molecule has 5 nitrogen and oxygen atoms in total. The van der Waals surface area contributed by atoms with Crippen LogP contribution in [0.1, 0.15) is 18.2 Å². The van der Waals surface area contributed by atoms with E-state index in [1.54, 1.807) is 11.6 Å². The fourth-order valence-electron chi connectivity index (χ4n) is 2.18. The SMILES string of the molecule is CCN(Cc1ccccc1)S(=O)(=O)c1cc(CO)n(C)c1. The van der Waals surface area contributed by atoms with E-state index in [0.29, 0.717) is 18.8 Å². The van der Waals surface area contributed by atoms with Crippen LogP contribution in [0.25, 0.3) is 0 Å². The highest BCUT2D eigenvalue weighted by molar-refractivity contribution is 7.89. The molecule has 0 aliphatic heterocycles. The smallest absolute Gasteiger partial charge is 0.244 e. The fourth-order valence-corrected chi connectivity index (χ4v) is 3.71. The van der Waals surface area contributed by atoms with Gasteiger partial charge in [0.05, 0.1) is 6.61 Å². The molecule has 114 valence electrons. The van der Waals surface area contributed by atoms with Gasteiger partial charge in [-0.3, -0.25) is 0 Å². The monoisotopic (exact) mass is 308 g/mol. The van der Waals surface area contributed by atoms with Crippen molar-refractivity contribution in [1.29, 1.82) is 0 Å². The summed E-state index contributed by atoms with van der Waals surface area (Å²) in [7, 11) is -1.84. The largest absolute Gasteiger partial charge is 0.390 e. The number of aryl methyl sites for hydroxylation is 1. The topological polar surface area (TPSA) is 62.5 Å². The number of rotatable bonds is 6. The Hall–Kier alpha value is -1.63. The van der Waals surface area contributed by atoms with Gasteiger partial charge in [-0.15, -0.1) is 0 Å². The van der Waals surface area contributed by atoms with E-state index in [2.05, 4.69) is 0 Å². The Kier molecular flexibility index (Phi) is 4.82. The number of hydrogen-bond donors (Lipinski definition) is 1. The van der Waals surface area contributed by atoms with Gasteiger partial charge in [0, 0.05) is 32.0 Å². The van der Waals surface area contributed by atoms with E-state index >= 15 is 0 Å². The fraction of sp³-hybridized carbons (Fsp3) is 0.333. The first-order valence-electron chi connectivity index (χ1n) is 6.79. The van der Waals surface area contributed by atoms with Crippen LogP contribution in [0.15, 0.2) is 47.5 Å². The van der Waals surface area contributed by atoms with Crippen LogP contribution < -0.4 is 0 Å². The molecule has 0 unspecified atom stereocenters. The maximum atomic E-state index is 12.7. The van der Waals surface area contributed by atoms with E-state index in [4.69, 9.17) is 0 Å². The van der Waals surface area contributed by atoms with E-state index in [1.807, 2.05) is 37.3 Å². The van der Waals surface area contributed by atoms with Crippen molar-refractivity contribution in [2.45, 2.75) is 25.0 Å². The van der Waals surface area contributed by atoms with Gasteiger partial charge in [-0.1, -0.05) is 37.3 Å². The number of benzene rings is 1. The Bertz CT molecular complexity index is 693. The van der Waals surface area contributed by atoms with Crippen LogP contribution in [0.3, 0.4) is 0 Å². The first-order valence-corrected chi connectivity index (χ1v) is 8.23. The van der Waals surface area contributed by atoms with Crippen molar-refractivity contribution in [3.05, 3.63) is 53.9 Å². The molecule has 1 aromatic heterocycles. The number of nitrogens with zero attached hydrogens (tertiary/aromatic N) is 2. The third kappa shape index (κ3) is 3.34. The molecule has 2 rings (SSSR count). The van der Waals surface area contributed by atoms with Crippen molar-refractivity contribution < 1.29 is 13.5 Å². The van der Waals surface area contributed by atoms with Crippen LogP contribution in [0.2, 0.25) is 0 Å². The highest BCUT2D eigenvalue weighted by Crippen LogP contribution is 2.20. The molecule has 0 fully saturated rings. The summed E-state index contributed by atoms with van der Waals surface area (Å²) in [4.78, 5) is 0.215. The summed E-state index contributed by atoms with van der Waals surface area (Å²) in [6.07, 6.45) is 1.54. The molecule has 6 heteroatoms. The Morgan fingerprint density at radius 2 is 1.90 bits per heavy atom. The van der Waals surface area contributed by atoms with Gasteiger partial charge < -0.3 is 9.67 Å². The normalized spacial score (nSPS) is 12.0. The Balaban J connectivity index is 2.31. The van der Waals surface area contributed by atoms with Crippen LogP contribution in [0, 0.1) is 0 Å². The number of sulfonamides is 1. The summed E-state index contributed by atoms with van der Waals surface area (Å²) in [5.41, 5.74) is 1.52. The lowest BCUT2D eigenvalue weighted by Crippen LogP contribution is -2.30. The van der Waals surface area contributed by atoms with E-state index in [-0.39, 0.29) is 11.5 Å². The standard InChI is InChI=1S/C15H20N2O3S/c1-3-17(10-13-7-5-4-6-8-13)21(19,20)15-9-14(12-18)16(2)11-15/h4-9,11,18H,3,10,12H2,1-2H3. The zero-order valence-corrected chi connectivity index (χ0v) is 13.0. The zero-order chi connectivity index (χ0) is 15.5. The van der Waals surface area contributed by atoms with Gasteiger partial charge in [-0.25, -0.2) is 8.42 Å². The van der Waals surface area contributed by atoms with Gasteiger partial charge in [0.2, 0.25) is 10.0 Å². The van der Waals surface area contributed by atoms with Crippen LogP contribution in [0.5, 0.6) is 0 Å². The summed E-state index contributed by atoms with van der Waals surface area (Å²) >= 11 is 0. The zero-order valence-electron chi connectivity index (χ0n) is 12.2. The predicted octanol–water partition coefficient (Wildman–Crippen LogP) is 1.73. The van der Waals surface area contributed by atoms with Crippen molar-refractivity contribution in [2.75, 3.05) is 6.54 Å². The first-order chi connectivity index (χ1) is 9.98. The van der Waals surface area contributed by atoms with Crippen LogP contribution in [-0.2, 0) is 30.2 Å². The highest BCUT2D eigenvalue weighted by atomic mass is 32.2. The highest BCUT2D eigenvalue weighted by Gasteiger charge is 2.25. The first kappa shape index (κ1) is 15.8. The summed E-state index contributed by atoms with van der Waals surface area (Å²) in [6, 6.07) is 11.0. The second kappa shape index (κ2) is 6.43. The maximum Gasteiger partial charge on any atom is 0.244 e. The van der Waals surface area contributed by atoms with Gasteiger partial charge >= 0.3 is 0 Å². The Morgan fingerprint density at radius 1 is 1.24 bits per heavy atom. The van der Waals surface area contributed by atoms with Crippen LogP contribution in [-0.4, -0.2) is 28.9 Å².